The number of likely N-dealkylation sites (tertiary alicyclic amines) is 1. The summed E-state index contributed by atoms with van der Waals surface area (Å²) in [6.07, 6.45) is 8.02. The van der Waals surface area contributed by atoms with Gasteiger partial charge in [-0.1, -0.05) is 54.4 Å². The third-order valence-corrected chi connectivity index (χ3v) is 11.7. The summed E-state index contributed by atoms with van der Waals surface area (Å²) in [4.78, 5) is 74.3. The average Bonchev–Trinajstić information content (AvgIpc) is 4.04. The van der Waals surface area contributed by atoms with Crippen LogP contribution < -0.4 is 32.3 Å². The maximum Gasteiger partial charge on any atom is 0.320 e. The van der Waals surface area contributed by atoms with Gasteiger partial charge in [-0.25, -0.2) is 0 Å². The molecule has 0 unspecified atom stereocenters. The van der Waals surface area contributed by atoms with Crippen molar-refractivity contribution in [3.05, 3.63) is 125 Å². The second-order valence-electron chi connectivity index (χ2n) is 16.1. The van der Waals surface area contributed by atoms with Gasteiger partial charge in [0.1, 0.15) is 17.4 Å². The lowest BCUT2D eigenvalue weighted by molar-refractivity contribution is -0.144. The van der Waals surface area contributed by atoms with Crippen molar-refractivity contribution < 1.29 is 28.7 Å². The van der Waals surface area contributed by atoms with Crippen molar-refractivity contribution in [2.75, 3.05) is 47.9 Å². The number of furan rings is 1. The van der Waals surface area contributed by atoms with E-state index < -0.39 is 23.8 Å². The third-order valence-electron chi connectivity index (χ3n) is 11.3. The molecule has 5 aromatic heterocycles. The molecule has 0 radical (unpaired) electrons. The molecule has 6 heterocycles. The maximum absolute atomic E-state index is 13.3. The molecule has 1 saturated heterocycles. The fraction of sp³-hybridized carbons (Fsp3) is 0.277. The molecule has 1 aliphatic heterocycles. The molecule has 69 heavy (non-hydrogen) atoms. The van der Waals surface area contributed by atoms with Crippen LogP contribution >= 0.6 is 24.0 Å². The van der Waals surface area contributed by atoms with Gasteiger partial charge >= 0.3 is 5.97 Å². The lowest BCUT2D eigenvalue weighted by Crippen LogP contribution is -2.44. The number of anilines is 4. The Kier molecular flexibility index (Phi) is 16.5. The highest BCUT2D eigenvalue weighted by Crippen LogP contribution is 2.37. The Morgan fingerprint density at radius 1 is 0.841 bits per heavy atom. The van der Waals surface area contributed by atoms with Gasteiger partial charge in [0.2, 0.25) is 23.6 Å². The number of nitrogens with two attached hydrogens (primary N) is 1. The number of rotatable bonds is 19. The van der Waals surface area contributed by atoms with Crippen LogP contribution in [0.3, 0.4) is 0 Å². The third kappa shape index (κ3) is 12.3. The van der Waals surface area contributed by atoms with Gasteiger partial charge in [0.25, 0.3) is 17.6 Å². The van der Waals surface area contributed by atoms with Gasteiger partial charge in [-0.05, 0) is 91.4 Å². The van der Waals surface area contributed by atoms with Crippen molar-refractivity contribution in [3.63, 3.8) is 0 Å². The van der Waals surface area contributed by atoms with Crippen LogP contribution in [0.25, 0.3) is 28.5 Å². The number of carboxylic acids is 1. The zero-order valence-electron chi connectivity index (χ0n) is 37.4. The Labute approximate surface area is 407 Å². The Hall–Kier alpha value is -7.52. The molecular weight excluding hydrogens is 928 g/mol. The van der Waals surface area contributed by atoms with Crippen LogP contribution in [-0.4, -0.2) is 100 Å². The van der Waals surface area contributed by atoms with Gasteiger partial charge in [0.05, 0.1) is 17.0 Å². The number of nitrogens with one attached hydrogen (secondary N) is 5. The topological polar surface area (TPSA) is 273 Å². The summed E-state index contributed by atoms with van der Waals surface area (Å²) >= 11 is 6.90. The summed E-state index contributed by atoms with van der Waals surface area (Å²) in [5.41, 5.74) is 11.3. The maximum atomic E-state index is 13.3. The number of carboxylic acid groups (broad SMARTS) is 1. The molecular formula is C47H50Cl2N14O6. The number of carbonyl (C=O) groups excluding carboxylic acids is 3. The Balaban J connectivity index is 0.00000703. The fourth-order valence-corrected chi connectivity index (χ4v) is 8.01. The van der Waals surface area contributed by atoms with Gasteiger partial charge in [-0.15, -0.1) is 17.5 Å². The van der Waals surface area contributed by atoms with E-state index in [1.807, 2.05) is 36.1 Å². The van der Waals surface area contributed by atoms with Gasteiger partial charge < -0.3 is 41.8 Å². The second kappa shape index (κ2) is 23.0. The Morgan fingerprint density at radius 3 is 2.28 bits per heavy atom. The Bertz CT molecular complexity index is 2920. The molecule has 3 amide bonds. The highest BCUT2D eigenvalue weighted by Gasteiger charge is 2.28. The molecule has 0 spiro atoms. The minimum absolute atomic E-state index is 0. The average molecular weight is 978 g/mol. The Morgan fingerprint density at radius 2 is 1.57 bits per heavy atom. The molecule has 20 nitrogen and oxygen atoms in total. The summed E-state index contributed by atoms with van der Waals surface area (Å²) in [7, 11) is 0. The largest absolute Gasteiger partial charge is 0.480 e. The van der Waals surface area contributed by atoms with E-state index in [0.29, 0.717) is 92.1 Å². The minimum atomic E-state index is -0.827. The number of halogens is 2. The highest BCUT2D eigenvalue weighted by atomic mass is 35.5. The molecule has 2 aromatic carbocycles. The van der Waals surface area contributed by atoms with Gasteiger partial charge in [0, 0.05) is 62.8 Å². The lowest BCUT2D eigenvalue weighted by Gasteiger charge is -2.32. The van der Waals surface area contributed by atoms with E-state index >= 15 is 0 Å². The van der Waals surface area contributed by atoms with Crippen molar-refractivity contribution in [1.82, 2.24) is 50.1 Å². The zero-order chi connectivity index (χ0) is 47.6. The summed E-state index contributed by atoms with van der Waals surface area (Å²) in [5.74, 6) is -0.283. The van der Waals surface area contributed by atoms with Crippen molar-refractivity contribution in [2.24, 2.45) is 0 Å². The zero-order valence-corrected chi connectivity index (χ0v) is 39.0. The van der Waals surface area contributed by atoms with Crippen LogP contribution in [0, 0.1) is 6.92 Å². The van der Waals surface area contributed by atoms with Crippen molar-refractivity contribution in [1.29, 1.82) is 0 Å². The van der Waals surface area contributed by atoms with Crippen molar-refractivity contribution >= 4 is 76.7 Å². The molecule has 22 heteroatoms. The molecule has 1 atom stereocenters. The summed E-state index contributed by atoms with van der Waals surface area (Å²) in [6, 6.07) is 20.6. The molecule has 7 aromatic rings. The molecule has 0 saturated carbocycles. The number of nitrogen functional groups attached to an aromatic ring is 1. The number of aliphatic carboxylic acids is 1. The number of fused-ring (bicyclic) bond motifs is 1. The minimum Gasteiger partial charge on any atom is -0.480 e. The van der Waals surface area contributed by atoms with Crippen LogP contribution in [-0.2, 0) is 22.7 Å². The number of benzene rings is 2. The van der Waals surface area contributed by atoms with E-state index in [1.54, 1.807) is 60.9 Å². The second-order valence-corrected chi connectivity index (χ2v) is 16.4. The van der Waals surface area contributed by atoms with Crippen LogP contribution in [0.15, 0.2) is 95.9 Å². The van der Waals surface area contributed by atoms with Crippen molar-refractivity contribution in [3.8, 4) is 22.7 Å². The number of hydrogen-bond acceptors (Lipinski definition) is 15. The SMILES string of the molecule is Cc1c(NC(=O)c2ccc(CNCCNC(=O)CCCNc3nc(N)n4nc(-c5ccco5)nc4n3)cn2)cccc1-c1cccc(NC(=O)c2ccc(CN3CCCC[C@H]3C(=O)O)cn2)c1Cl.Cl. The van der Waals surface area contributed by atoms with E-state index in [9.17, 15) is 24.3 Å². The number of amides is 3. The normalized spacial score (nSPS) is 13.6. The molecule has 358 valence electrons. The quantitative estimate of drug-likeness (QED) is 0.0442. The van der Waals surface area contributed by atoms with E-state index in [2.05, 4.69) is 56.6 Å². The number of piperidine rings is 1. The molecule has 8 rings (SSSR count). The first-order valence-corrected chi connectivity index (χ1v) is 22.4. The van der Waals surface area contributed by atoms with E-state index in [-0.39, 0.29) is 47.4 Å². The fourth-order valence-electron chi connectivity index (χ4n) is 7.74. The van der Waals surface area contributed by atoms with E-state index in [1.165, 1.54) is 10.8 Å². The summed E-state index contributed by atoms with van der Waals surface area (Å²) < 4.78 is 6.66. The van der Waals surface area contributed by atoms with Gasteiger partial charge in [-0.2, -0.15) is 19.5 Å². The van der Waals surface area contributed by atoms with E-state index in [4.69, 9.17) is 21.8 Å². The summed E-state index contributed by atoms with van der Waals surface area (Å²) in [6.45, 7) is 4.87. The van der Waals surface area contributed by atoms with Crippen LogP contribution in [0.2, 0.25) is 5.02 Å². The van der Waals surface area contributed by atoms with E-state index in [0.717, 1.165) is 35.1 Å². The standard InChI is InChI=1S/C47H49ClN14O6.ClH/c1-28-31(32-9-5-11-34(40(32)48)56-43(65)36-18-16-30(26-54-36)27-61-22-3-2-12-37(61)44(66)67)8-4-10-33(28)55-42(64)35-17-15-29(25-53-35)24-50-20-21-51-39(63)14-6-19-52-46-58-45(49)62-47(59-46)57-41(60-62)38-13-7-23-68-38;/h4-5,7-11,13,15-18,23,25-26,37,50H,2-3,6,12,14,19-22,24,27H2,1H3,(H,51,63)(H,55,64)(H,56,65)(H,66,67)(H3,49,52,57,58,59,60);1H/t37-;/m0./s1. The number of nitrogens with zero attached hydrogens (tertiary/aromatic N) is 8. The predicted octanol–water partition coefficient (Wildman–Crippen LogP) is 6.24. The number of pyridine rings is 2. The van der Waals surface area contributed by atoms with Gasteiger partial charge in [0.15, 0.2) is 5.76 Å². The smallest absolute Gasteiger partial charge is 0.320 e. The van der Waals surface area contributed by atoms with Gasteiger partial charge in [-0.3, -0.25) is 34.0 Å². The molecule has 8 N–H and O–H groups in total. The molecule has 1 aliphatic rings. The first-order valence-electron chi connectivity index (χ1n) is 22.0. The first kappa shape index (κ1) is 49.4. The number of carbonyl (C=O) groups is 4. The molecule has 1 fully saturated rings. The van der Waals surface area contributed by atoms with Crippen molar-refractivity contribution in [2.45, 2.75) is 58.2 Å². The summed E-state index contributed by atoms with van der Waals surface area (Å²) in [5, 5.41) is 29.3. The number of aromatic nitrogens is 7. The lowest BCUT2D eigenvalue weighted by atomic mass is 9.98. The van der Waals surface area contributed by atoms with Crippen LogP contribution in [0.5, 0.6) is 0 Å². The predicted molar refractivity (Wildman–Crippen MR) is 262 cm³/mol. The highest BCUT2D eigenvalue weighted by molar-refractivity contribution is 6.36. The molecule has 0 aliphatic carbocycles. The van der Waals surface area contributed by atoms with Crippen LogP contribution in [0.4, 0.5) is 23.3 Å². The number of hydrogen-bond donors (Lipinski definition) is 7. The molecule has 0 bridgehead atoms. The van der Waals surface area contributed by atoms with Crippen LogP contribution in [0.1, 0.15) is 69.8 Å². The monoisotopic (exact) mass is 976 g/mol. The first-order chi connectivity index (χ1) is 33.0.